The highest BCUT2D eigenvalue weighted by Crippen LogP contribution is 2.18. The highest BCUT2D eigenvalue weighted by molar-refractivity contribution is 9.10. The van der Waals surface area contributed by atoms with Crippen LogP contribution in [-0.4, -0.2) is 9.97 Å². The summed E-state index contributed by atoms with van der Waals surface area (Å²) in [6.45, 7) is 0.201. The van der Waals surface area contributed by atoms with Gasteiger partial charge in [-0.3, -0.25) is 0 Å². The molecular weight excluding hydrogens is 296 g/mol. The van der Waals surface area contributed by atoms with Crippen LogP contribution in [0.25, 0.3) is 0 Å². The minimum atomic E-state index is 0.167. The summed E-state index contributed by atoms with van der Waals surface area (Å²) in [5.41, 5.74) is 5.85. The van der Waals surface area contributed by atoms with E-state index in [1.165, 1.54) is 6.20 Å². The van der Waals surface area contributed by atoms with E-state index in [0.29, 0.717) is 11.6 Å². The predicted molar refractivity (Wildman–Crippen MR) is 69.6 cm³/mol. The first kappa shape index (κ1) is 12.3. The molecule has 0 amide bonds. The normalized spacial score (nSPS) is 9.78. The standard InChI is InChI=1S/C12H9BrN4O/c13-9-2-1-3-10(4-9)18-7-11-16-6-8(5-14)12(15)17-11/h1-4,6H,7H2,(H2,15,16,17). The summed E-state index contributed by atoms with van der Waals surface area (Å²) in [6, 6.07) is 9.35. The molecule has 0 fully saturated rings. The van der Waals surface area contributed by atoms with Crippen molar-refractivity contribution in [1.29, 1.82) is 5.26 Å². The molecule has 0 spiro atoms. The number of benzene rings is 1. The van der Waals surface area contributed by atoms with Gasteiger partial charge in [0.05, 0.1) is 6.20 Å². The maximum atomic E-state index is 8.70. The Bertz CT molecular complexity index is 609. The molecule has 1 aromatic heterocycles. The number of halogens is 1. The summed E-state index contributed by atoms with van der Waals surface area (Å²) < 4.78 is 6.44. The van der Waals surface area contributed by atoms with E-state index < -0.39 is 0 Å². The number of hydrogen-bond acceptors (Lipinski definition) is 5. The van der Waals surface area contributed by atoms with Gasteiger partial charge < -0.3 is 10.5 Å². The molecule has 0 atom stereocenters. The zero-order valence-electron chi connectivity index (χ0n) is 9.30. The number of nitrogens with zero attached hydrogens (tertiary/aromatic N) is 3. The fourth-order valence-electron chi connectivity index (χ4n) is 1.29. The van der Waals surface area contributed by atoms with E-state index in [4.69, 9.17) is 15.7 Å². The first-order valence-corrected chi connectivity index (χ1v) is 5.88. The van der Waals surface area contributed by atoms with Crippen molar-refractivity contribution in [2.24, 2.45) is 0 Å². The van der Waals surface area contributed by atoms with E-state index in [9.17, 15) is 0 Å². The molecule has 6 heteroatoms. The lowest BCUT2D eigenvalue weighted by molar-refractivity contribution is 0.296. The summed E-state index contributed by atoms with van der Waals surface area (Å²) >= 11 is 3.35. The summed E-state index contributed by atoms with van der Waals surface area (Å²) in [5.74, 6) is 1.31. The van der Waals surface area contributed by atoms with E-state index in [-0.39, 0.29) is 18.0 Å². The van der Waals surface area contributed by atoms with E-state index in [0.717, 1.165) is 4.47 Å². The molecule has 2 aromatic rings. The van der Waals surface area contributed by atoms with E-state index >= 15 is 0 Å². The molecule has 0 aliphatic carbocycles. The minimum Gasteiger partial charge on any atom is -0.486 e. The SMILES string of the molecule is N#Cc1cnc(COc2cccc(Br)c2)nc1N. The Morgan fingerprint density at radius 1 is 1.44 bits per heavy atom. The molecule has 2 N–H and O–H groups in total. The van der Waals surface area contributed by atoms with Crippen LogP contribution in [0.1, 0.15) is 11.4 Å². The maximum absolute atomic E-state index is 8.70. The lowest BCUT2D eigenvalue weighted by Crippen LogP contribution is -2.05. The average molecular weight is 305 g/mol. The predicted octanol–water partition coefficient (Wildman–Crippen LogP) is 2.27. The highest BCUT2D eigenvalue weighted by atomic mass is 79.9. The molecule has 18 heavy (non-hydrogen) atoms. The number of nitrogens with two attached hydrogens (primary N) is 1. The third kappa shape index (κ3) is 2.96. The molecule has 0 saturated heterocycles. The molecular formula is C12H9BrN4O. The Balaban J connectivity index is 2.07. The van der Waals surface area contributed by atoms with Crippen LogP contribution in [0.2, 0.25) is 0 Å². The molecule has 0 aliphatic rings. The Morgan fingerprint density at radius 3 is 2.94 bits per heavy atom. The fraction of sp³-hybridized carbons (Fsp3) is 0.0833. The van der Waals surface area contributed by atoms with Gasteiger partial charge in [0.15, 0.2) is 5.82 Å². The van der Waals surface area contributed by atoms with Gasteiger partial charge in [0.1, 0.15) is 29.8 Å². The van der Waals surface area contributed by atoms with Crippen molar-refractivity contribution in [3.63, 3.8) is 0 Å². The zero-order chi connectivity index (χ0) is 13.0. The van der Waals surface area contributed by atoms with Crippen LogP contribution < -0.4 is 10.5 Å². The molecule has 5 nitrogen and oxygen atoms in total. The molecule has 90 valence electrons. The maximum Gasteiger partial charge on any atom is 0.168 e. The lowest BCUT2D eigenvalue weighted by Gasteiger charge is -2.06. The first-order valence-electron chi connectivity index (χ1n) is 5.09. The van der Waals surface area contributed by atoms with Gasteiger partial charge in [0.2, 0.25) is 0 Å². The minimum absolute atomic E-state index is 0.167. The van der Waals surface area contributed by atoms with Crippen molar-refractivity contribution in [2.45, 2.75) is 6.61 Å². The summed E-state index contributed by atoms with van der Waals surface area (Å²) in [5, 5.41) is 8.70. The van der Waals surface area contributed by atoms with E-state index in [2.05, 4.69) is 25.9 Å². The monoisotopic (exact) mass is 304 g/mol. The van der Waals surface area contributed by atoms with Gasteiger partial charge in [-0.05, 0) is 18.2 Å². The van der Waals surface area contributed by atoms with Crippen molar-refractivity contribution in [3.05, 3.63) is 46.3 Å². The molecule has 0 radical (unpaired) electrons. The number of anilines is 1. The topological polar surface area (TPSA) is 84.8 Å². The molecule has 1 aromatic carbocycles. The number of ether oxygens (including phenoxy) is 1. The van der Waals surface area contributed by atoms with Gasteiger partial charge >= 0.3 is 0 Å². The van der Waals surface area contributed by atoms with Crippen molar-refractivity contribution < 1.29 is 4.74 Å². The quantitative estimate of drug-likeness (QED) is 0.940. The van der Waals surface area contributed by atoms with Crippen molar-refractivity contribution in [3.8, 4) is 11.8 Å². The Kier molecular flexibility index (Phi) is 3.75. The largest absolute Gasteiger partial charge is 0.486 e. The first-order chi connectivity index (χ1) is 8.69. The Morgan fingerprint density at radius 2 is 2.28 bits per heavy atom. The molecule has 2 rings (SSSR count). The summed E-state index contributed by atoms with van der Waals surface area (Å²) in [4.78, 5) is 7.99. The second-order valence-corrected chi connectivity index (χ2v) is 4.36. The number of hydrogen-bond donors (Lipinski definition) is 1. The molecule has 0 aliphatic heterocycles. The van der Waals surface area contributed by atoms with Gasteiger partial charge in [-0.1, -0.05) is 22.0 Å². The van der Waals surface area contributed by atoms with Crippen LogP contribution in [0.4, 0.5) is 5.82 Å². The Hall–Kier alpha value is -2.13. The molecule has 1 heterocycles. The van der Waals surface area contributed by atoms with Gasteiger partial charge in [0.25, 0.3) is 0 Å². The van der Waals surface area contributed by atoms with E-state index in [1.807, 2.05) is 30.3 Å². The second-order valence-electron chi connectivity index (χ2n) is 3.44. The number of nitrogen functional groups attached to an aromatic ring is 1. The van der Waals surface area contributed by atoms with Gasteiger partial charge in [0, 0.05) is 4.47 Å². The molecule has 0 bridgehead atoms. The number of nitriles is 1. The van der Waals surface area contributed by atoms with Gasteiger partial charge in [-0.2, -0.15) is 5.26 Å². The van der Waals surface area contributed by atoms with Crippen molar-refractivity contribution in [2.75, 3.05) is 5.73 Å². The van der Waals surface area contributed by atoms with Crippen LogP contribution >= 0.6 is 15.9 Å². The lowest BCUT2D eigenvalue weighted by atomic mass is 10.3. The average Bonchev–Trinajstić information content (AvgIpc) is 2.37. The van der Waals surface area contributed by atoms with Crippen molar-refractivity contribution >= 4 is 21.7 Å². The third-order valence-electron chi connectivity index (χ3n) is 2.15. The Labute approximate surface area is 112 Å². The van der Waals surface area contributed by atoms with Crippen LogP contribution in [0, 0.1) is 11.3 Å². The van der Waals surface area contributed by atoms with Crippen molar-refractivity contribution in [1.82, 2.24) is 9.97 Å². The molecule has 0 unspecified atom stereocenters. The summed E-state index contributed by atoms with van der Waals surface area (Å²) in [7, 11) is 0. The van der Waals surface area contributed by atoms with E-state index in [1.54, 1.807) is 0 Å². The van der Waals surface area contributed by atoms with Gasteiger partial charge in [-0.15, -0.1) is 0 Å². The zero-order valence-corrected chi connectivity index (χ0v) is 10.9. The summed E-state index contributed by atoms with van der Waals surface area (Å²) in [6.07, 6.45) is 1.39. The number of rotatable bonds is 3. The third-order valence-corrected chi connectivity index (χ3v) is 2.65. The highest BCUT2D eigenvalue weighted by Gasteiger charge is 2.04. The van der Waals surface area contributed by atoms with Crippen LogP contribution in [0.3, 0.4) is 0 Å². The fourth-order valence-corrected chi connectivity index (χ4v) is 1.67. The van der Waals surface area contributed by atoms with Crippen LogP contribution in [0.5, 0.6) is 5.75 Å². The number of aromatic nitrogens is 2. The smallest absolute Gasteiger partial charge is 0.168 e. The second kappa shape index (κ2) is 5.47. The van der Waals surface area contributed by atoms with Crippen LogP contribution in [-0.2, 0) is 6.61 Å². The van der Waals surface area contributed by atoms with Gasteiger partial charge in [-0.25, -0.2) is 9.97 Å². The molecule has 0 saturated carbocycles. The van der Waals surface area contributed by atoms with Crippen LogP contribution in [0.15, 0.2) is 34.9 Å².